The van der Waals surface area contributed by atoms with E-state index < -0.39 is 0 Å². The van der Waals surface area contributed by atoms with Gasteiger partial charge in [0.2, 0.25) is 0 Å². The minimum atomic E-state index is -0.0969. The Morgan fingerprint density at radius 2 is 1.96 bits per heavy atom. The van der Waals surface area contributed by atoms with Gasteiger partial charge in [0, 0.05) is 31.5 Å². The van der Waals surface area contributed by atoms with E-state index >= 15 is 0 Å². The van der Waals surface area contributed by atoms with Gasteiger partial charge in [-0.3, -0.25) is 9.69 Å². The molecule has 126 valence electrons. The Morgan fingerprint density at radius 3 is 2.62 bits per heavy atom. The fourth-order valence-electron chi connectivity index (χ4n) is 2.72. The van der Waals surface area contributed by atoms with Gasteiger partial charge >= 0.3 is 0 Å². The van der Waals surface area contributed by atoms with E-state index in [2.05, 4.69) is 16.9 Å². The van der Waals surface area contributed by atoms with Gasteiger partial charge in [0.15, 0.2) is 11.5 Å². The molecule has 1 aromatic carbocycles. The van der Waals surface area contributed by atoms with Crippen molar-refractivity contribution in [2.75, 3.05) is 26.1 Å². The van der Waals surface area contributed by atoms with E-state index in [0.29, 0.717) is 35.1 Å². The number of ether oxygens (including phenoxy) is 2. The van der Waals surface area contributed by atoms with Crippen LogP contribution in [-0.2, 0) is 6.54 Å². The maximum atomic E-state index is 12.8. The summed E-state index contributed by atoms with van der Waals surface area (Å²) in [6.07, 6.45) is 6.20. The average Bonchev–Trinajstić information content (AvgIpc) is 3.10. The van der Waals surface area contributed by atoms with Gasteiger partial charge in [-0.1, -0.05) is 6.58 Å². The summed E-state index contributed by atoms with van der Waals surface area (Å²) in [4.78, 5) is 18.5. The van der Waals surface area contributed by atoms with Gasteiger partial charge in [-0.25, -0.2) is 4.98 Å². The van der Waals surface area contributed by atoms with Crippen LogP contribution in [0.3, 0.4) is 0 Å². The minimum Gasteiger partial charge on any atom is -0.493 e. The summed E-state index contributed by atoms with van der Waals surface area (Å²) in [7, 11) is 3.11. The van der Waals surface area contributed by atoms with E-state index in [9.17, 15) is 4.79 Å². The Kier molecular flexibility index (Phi) is 4.41. The quantitative estimate of drug-likeness (QED) is 0.881. The third-order valence-electron chi connectivity index (χ3n) is 3.96. The number of rotatable bonds is 6. The Bertz CT molecular complexity index is 755. The molecule has 1 N–H and O–H groups in total. The predicted molar refractivity (Wildman–Crippen MR) is 90.2 cm³/mol. The van der Waals surface area contributed by atoms with Crippen molar-refractivity contribution < 1.29 is 14.3 Å². The van der Waals surface area contributed by atoms with Crippen molar-refractivity contribution in [2.45, 2.75) is 13.0 Å². The van der Waals surface area contributed by atoms with E-state index in [-0.39, 0.29) is 5.91 Å². The first-order chi connectivity index (χ1) is 11.6. The molecule has 2 heterocycles. The van der Waals surface area contributed by atoms with Crippen LogP contribution in [-0.4, -0.2) is 41.1 Å². The van der Waals surface area contributed by atoms with E-state index in [4.69, 9.17) is 9.47 Å². The largest absolute Gasteiger partial charge is 0.493 e. The zero-order chi connectivity index (χ0) is 17.1. The van der Waals surface area contributed by atoms with Crippen LogP contribution in [0.4, 0.5) is 5.69 Å². The van der Waals surface area contributed by atoms with Gasteiger partial charge in [0.1, 0.15) is 5.82 Å². The smallest absolute Gasteiger partial charge is 0.261 e. The highest BCUT2D eigenvalue weighted by atomic mass is 16.5. The van der Waals surface area contributed by atoms with Gasteiger partial charge in [-0.05, 0) is 12.5 Å². The Hall–Kier alpha value is -2.96. The average molecular weight is 328 g/mol. The summed E-state index contributed by atoms with van der Waals surface area (Å²) in [5.41, 5.74) is 1.22. The van der Waals surface area contributed by atoms with Crippen LogP contribution >= 0.6 is 0 Å². The fourth-order valence-corrected chi connectivity index (χ4v) is 2.72. The van der Waals surface area contributed by atoms with Gasteiger partial charge < -0.3 is 19.4 Å². The fraction of sp³-hybridized carbons (Fsp3) is 0.294. The normalized spacial score (nSPS) is 13.5. The third kappa shape index (κ3) is 2.92. The second-order valence-electron chi connectivity index (χ2n) is 5.44. The number of carbonyl (C=O) groups excluding carboxylic acids is 1. The maximum Gasteiger partial charge on any atom is 0.261 e. The van der Waals surface area contributed by atoms with Crippen molar-refractivity contribution in [3.8, 4) is 11.5 Å². The van der Waals surface area contributed by atoms with Gasteiger partial charge in [0.25, 0.3) is 5.91 Å². The molecule has 1 aromatic heterocycles. The van der Waals surface area contributed by atoms with Gasteiger partial charge in [-0.2, -0.15) is 0 Å². The number of nitrogens with one attached hydrogen (secondary N) is 1. The highest BCUT2D eigenvalue weighted by Gasteiger charge is 2.28. The molecule has 0 saturated carbocycles. The molecular formula is C17H20N4O3. The molecule has 1 aliphatic rings. The first-order valence-corrected chi connectivity index (χ1v) is 7.63. The number of nitrogens with zero attached hydrogens (tertiary/aromatic N) is 3. The summed E-state index contributed by atoms with van der Waals surface area (Å²) in [5, 5.41) is 3.17. The number of carbonyl (C=O) groups is 1. The molecule has 1 aliphatic heterocycles. The number of benzene rings is 1. The number of methoxy groups -OCH3 is 2. The first kappa shape index (κ1) is 15.9. The van der Waals surface area contributed by atoms with Crippen LogP contribution in [0.5, 0.6) is 11.5 Å². The summed E-state index contributed by atoms with van der Waals surface area (Å²) >= 11 is 0. The van der Waals surface area contributed by atoms with Crippen LogP contribution in [0.2, 0.25) is 0 Å². The van der Waals surface area contributed by atoms with E-state index in [1.54, 1.807) is 43.8 Å². The summed E-state index contributed by atoms with van der Waals surface area (Å²) in [6.45, 7) is 5.32. The van der Waals surface area contributed by atoms with E-state index in [0.717, 1.165) is 13.0 Å². The molecule has 7 heteroatoms. The number of anilines is 1. The highest BCUT2D eigenvalue weighted by molar-refractivity contribution is 6.04. The lowest BCUT2D eigenvalue weighted by molar-refractivity contribution is 0.0798. The second kappa shape index (κ2) is 6.66. The molecule has 2 aromatic rings. The van der Waals surface area contributed by atoms with E-state index in [1.165, 1.54) is 0 Å². The Labute approximate surface area is 140 Å². The molecule has 0 spiro atoms. The molecule has 0 bridgehead atoms. The highest BCUT2D eigenvalue weighted by Crippen LogP contribution is 2.37. The van der Waals surface area contributed by atoms with Crippen LogP contribution in [0.1, 0.15) is 16.8 Å². The number of imidazole rings is 1. The molecule has 0 unspecified atom stereocenters. The molecule has 1 amide bonds. The van der Waals surface area contributed by atoms with Gasteiger partial charge in [-0.15, -0.1) is 0 Å². The molecule has 3 rings (SSSR count). The Morgan fingerprint density at radius 1 is 1.21 bits per heavy atom. The number of amides is 1. The lowest BCUT2D eigenvalue weighted by atomic mass is 10.1. The molecule has 7 nitrogen and oxygen atoms in total. The van der Waals surface area contributed by atoms with Crippen molar-refractivity contribution in [1.82, 2.24) is 14.5 Å². The van der Waals surface area contributed by atoms with Crippen LogP contribution < -0.4 is 14.8 Å². The first-order valence-electron chi connectivity index (χ1n) is 7.63. The lowest BCUT2D eigenvalue weighted by Crippen LogP contribution is -2.38. The predicted octanol–water partition coefficient (Wildman–Crippen LogP) is 2.33. The molecule has 0 aliphatic carbocycles. The third-order valence-corrected chi connectivity index (χ3v) is 3.96. The number of fused-ring (bicyclic) bond motifs is 1. The van der Waals surface area contributed by atoms with Crippen LogP contribution in [0.25, 0.3) is 0 Å². The molecular weight excluding hydrogens is 308 g/mol. The minimum absolute atomic E-state index is 0.0969. The van der Waals surface area contributed by atoms with Gasteiger partial charge in [0.05, 0.1) is 31.8 Å². The monoisotopic (exact) mass is 328 g/mol. The molecule has 0 radical (unpaired) electrons. The lowest BCUT2D eigenvalue weighted by Gasteiger charge is -2.32. The van der Waals surface area contributed by atoms with Crippen molar-refractivity contribution in [2.24, 2.45) is 0 Å². The SMILES string of the molecule is C=C1Nc2cc(OC)c(OC)cc2C(=O)N1CCCn1ccnc1. The van der Waals surface area contributed by atoms with Crippen LogP contribution in [0, 0.1) is 0 Å². The van der Waals surface area contributed by atoms with Crippen molar-refractivity contribution >= 4 is 11.6 Å². The molecule has 0 saturated heterocycles. The number of aryl methyl sites for hydroxylation is 1. The summed E-state index contributed by atoms with van der Waals surface area (Å²) in [5.74, 6) is 1.56. The molecule has 0 atom stereocenters. The second-order valence-corrected chi connectivity index (χ2v) is 5.44. The number of aromatic nitrogens is 2. The summed E-state index contributed by atoms with van der Waals surface area (Å²) < 4.78 is 12.5. The zero-order valence-electron chi connectivity index (χ0n) is 13.8. The van der Waals surface area contributed by atoms with E-state index in [1.807, 2.05) is 10.8 Å². The maximum absolute atomic E-state index is 12.8. The molecule has 0 fully saturated rings. The molecule has 24 heavy (non-hydrogen) atoms. The summed E-state index contributed by atoms with van der Waals surface area (Å²) in [6, 6.07) is 3.44. The van der Waals surface area contributed by atoms with Crippen molar-refractivity contribution in [3.63, 3.8) is 0 Å². The van der Waals surface area contributed by atoms with Crippen molar-refractivity contribution in [3.05, 3.63) is 48.8 Å². The number of hydrogen-bond donors (Lipinski definition) is 1. The topological polar surface area (TPSA) is 68.6 Å². The van der Waals surface area contributed by atoms with Crippen molar-refractivity contribution in [1.29, 1.82) is 0 Å². The Balaban J connectivity index is 1.77. The standard InChI is InChI=1S/C17H20N4O3/c1-12-19-14-10-16(24-3)15(23-2)9-13(14)17(22)21(12)7-4-6-20-8-5-18-11-20/h5,8-11,19H,1,4,6-7H2,2-3H3. The number of hydrogen-bond acceptors (Lipinski definition) is 5. The zero-order valence-corrected chi connectivity index (χ0v) is 13.8. The van der Waals surface area contributed by atoms with Crippen LogP contribution in [0.15, 0.2) is 43.3 Å².